The van der Waals surface area contributed by atoms with Gasteiger partial charge in [-0.15, -0.1) is 0 Å². The second-order valence-electron chi connectivity index (χ2n) is 5.06. The van der Waals surface area contributed by atoms with Crippen LogP contribution in [-0.2, 0) is 19.0 Å². The molecule has 0 aromatic heterocycles. The van der Waals surface area contributed by atoms with Gasteiger partial charge in [-0.25, -0.2) is 0 Å². The van der Waals surface area contributed by atoms with Crippen LogP contribution in [-0.4, -0.2) is 27.2 Å². The Hall–Kier alpha value is -0.910. The number of benzene rings is 1. The maximum absolute atomic E-state index is 12.1. The van der Waals surface area contributed by atoms with E-state index >= 15 is 0 Å². The van der Waals surface area contributed by atoms with Gasteiger partial charge in [-0.3, -0.25) is 4.18 Å². The van der Waals surface area contributed by atoms with Crippen molar-refractivity contribution in [1.29, 1.82) is 0 Å². The number of rotatable bonds is 6. The highest BCUT2D eigenvalue weighted by atomic mass is 32.2. The molecule has 1 saturated heterocycles. The molecule has 0 aliphatic carbocycles. The van der Waals surface area contributed by atoms with Crippen molar-refractivity contribution in [2.45, 2.75) is 43.6 Å². The predicted octanol–water partition coefficient (Wildman–Crippen LogP) is 2.66. The van der Waals surface area contributed by atoms with Gasteiger partial charge in [0.05, 0.1) is 23.7 Å². The zero-order valence-electron chi connectivity index (χ0n) is 11.4. The van der Waals surface area contributed by atoms with E-state index in [0.29, 0.717) is 6.61 Å². The lowest BCUT2D eigenvalue weighted by Gasteiger charge is -2.41. The molecule has 19 heavy (non-hydrogen) atoms. The molecule has 0 bridgehead atoms. The molecule has 1 fully saturated rings. The van der Waals surface area contributed by atoms with Crippen molar-refractivity contribution in [3.8, 4) is 0 Å². The fraction of sp³-hybridized carbons (Fsp3) is 0.571. The highest BCUT2D eigenvalue weighted by Gasteiger charge is 2.39. The first-order chi connectivity index (χ1) is 8.97. The zero-order valence-corrected chi connectivity index (χ0v) is 12.2. The summed E-state index contributed by atoms with van der Waals surface area (Å²) in [5, 5.41) is 0. The van der Waals surface area contributed by atoms with Crippen molar-refractivity contribution in [1.82, 2.24) is 0 Å². The minimum Gasteiger partial charge on any atom is -0.372 e. The van der Waals surface area contributed by atoms with Crippen molar-refractivity contribution >= 4 is 10.1 Å². The highest BCUT2D eigenvalue weighted by molar-refractivity contribution is 7.86. The van der Waals surface area contributed by atoms with Crippen LogP contribution in [0.15, 0.2) is 29.2 Å². The topological polar surface area (TPSA) is 52.6 Å². The summed E-state index contributed by atoms with van der Waals surface area (Å²) < 4.78 is 34.8. The van der Waals surface area contributed by atoms with Crippen molar-refractivity contribution in [2.24, 2.45) is 0 Å². The van der Waals surface area contributed by atoms with E-state index in [1.165, 1.54) is 0 Å². The molecule has 1 heterocycles. The molecule has 2 rings (SSSR count). The van der Waals surface area contributed by atoms with Crippen LogP contribution in [0.1, 0.15) is 31.7 Å². The fourth-order valence-corrected chi connectivity index (χ4v) is 3.16. The van der Waals surface area contributed by atoms with Gasteiger partial charge in [-0.05, 0) is 25.5 Å². The van der Waals surface area contributed by atoms with Crippen LogP contribution in [0.25, 0.3) is 0 Å². The third-order valence-corrected chi connectivity index (χ3v) is 4.74. The summed E-state index contributed by atoms with van der Waals surface area (Å²) in [5.74, 6) is 0. The van der Waals surface area contributed by atoms with Gasteiger partial charge in [-0.1, -0.05) is 31.0 Å². The standard InChI is InChI=1S/C14H20O4S/c1-3-8-14(9-10-17-14)11-18-19(15,16)13-6-4-12(2)5-7-13/h4-7H,3,8-11H2,1-2H3. The Balaban J connectivity index is 2.03. The second-order valence-corrected chi connectivity index (χ2v) is 6.68. The molecule has 0 radical (unpaired) electrons. The number of aryl methyl sites for hydroxylation is 1. The monoisotopic (exact) mass is 284 g/mol. The van der Waals surface area contributed by atoms with E-state index in [1.807, 2.05) is 6.92 Å². The summed E-state index contributed by atoms with van der Waals surface area (Å²) in [4.78, 5) is 0.198. The average Bonchev–Trinajstić information content (AvgIpc) is 2.33. The van der Waals surface area contributed by atoms with Crippen LogP contribution in [0.4, 0.5) is 0 Å². The van der Waals surface area contributed by atoms with Crippen LogP contribution in [0.3, 0.4) is 0 Å². The Morgan fingerprint density at radius 1 is 1.32 bits per heavy atom. The Bertz CT molecular complexity index is 515. The number of ether oxygens (including phenoxy) is 1. The van der Waals surface area contributed by atoms with Crippen LogP contribution in [0.2, 0.25) is 0 Å². The Kier molecular flexibility index (Phi) is 4.28. The molecule has 0 saturated carbocycles. The van der Waals surface area contributed by atoms with Gasteiger partial charge < -0.3 is 4.74 Å². The lowest BCUT2D eigenvalue weighted by atomic mass is 9.91. The average molecular weight is 284 g/mol. The Labute approximate surface area is 114 Å². The molecule has 4 nitrogen and oxygen atoms in total. The second kappa shape index (κ2) is 5.61. The highest BCUT2D eigenvalue weighted by Crippen LogP contribution is 2.32. The van der Waals surface area contributed by atoms with Crippen LogP contribution in [0, 0.1) is 6.92 Å². The third-order valence-electron chi connectivity index (χ3n) is 3.46. The summed E-state index contributed by atoms with van der Waals surface area (Å²) in [6.45, 7) is 4.76. The quantitative estimate of drug-likeness (QED) is 0.754. The molecule has 1 aliphatic heterocycles. The first-order valence-electron chi connectivity index (χ1n) is 6.57. The minimum atomic E-state index is -3.68. The normalized spacial score (nSPS) is 23.1. The van der Waals surface area contributed by atoms with Gasteiger partial charge in [0.1, 0.15) is 0 Å². The number of hydrogen-bond acceptors (Lipinski definition) is 4. The van der Waals surface area contributed by atoms with Gasteiger partial charge in [-0.2, -0.15) is 8.42 Å². The van der Waals surface area contributed by atoms with E-state index in [4.69, 9.17) is 8.92 Å². The summed E-state index contributed by atoms with van der Waals surface area (Å²) >= 11 is 0. The molecule has 0 N–H and O–H groups in total. The van der Waals surface area contributed by atoms with Crippen molar-refractivity contribution < 1.29 is 17.3 Å². The smallest absolute Gasteiger partial charge is 0.297 e. The number of hydrogen-bond donors (Lipinski definition) is 0. The van der Waals surface area contributed by atoms with E-state index in [2.05, 4.69) is 6.92 Å². The molecule has 0 amide bonds. The summed E-state index contributed by atoms with van der Waals surface area (Å²) in [7, 11) is -3.68. The molecule has 1 aromatic carbocycles. The van der Waals surface area contributed by atoms with Crippen LogP contribution < -0.4 is 0 Å². The SMILES string of the molecule is CCCC1(COS(=O)(=O)c2ccc(C)cc2)CCO1. The van der Waals surface area contributed by atoms with Crippen LogP contribution in [0.5, 0.6) is 0 Å². The molecule has 106 valence electrons. The third kappa shape index (κ3) is 3.35. The Morgan fingerprint density at radius 2 is 1.95 bits per heavy atom. The first-order valence-corrected chi connectivity index (χ1v) is 7.98. The fourth-order valence-electron chi connectivity index (χ4n) is 2.19. The van der Waals surface area contributed by atoms with E-state index in [-0.39, 0.29) is 11.5 Å². The van der Waals surface area contributed by atoms with Gasteiger partial charge in [0.15, 0.2) is 0 Å². The van der Waals surface area contributed by atoms with E-state index in [0.717, 1.165) is 24.8 Å². The maximum atomic E-state index is 12.1. The van der Waals surface area contributed by atoms with Gasteiger partial charge in [0, 0.05) is 6.42 Å². The lowest BCUT2D eigenvalue weighted by molar-refractivity contribution is -0.168. The summed E-state index contributed by atoms with van der Waals surface area (Å²) in [6.07, 6.45) is 2.65. The summed E-state index contributed by atoms with van der Waals surface area (Å²) in [5.41, 5.74) is 0.621. The van der Waals surface area contributed by atoms with Crippen molar-refractivity contribution in [2.75, 3.05) is 13.2 Å². The molecule has 1 atom stereocenters. The van der Waals surface area contributed by atoms with Gasteiger partial charge in [0.25, 0.3) is 10.1 Å². The molecular weight excluding hydrogens is 264 g/mol. The Morgan fingerprint density at radius 3 is 2.42 bits per heavy atom. The first kappa shape index (κ1) is 14.5. The van der Waals surface area contributed by atoms with Gasteiger partial charge in [0.2, 0.25) is 0 Å². The molecular formula is C14H20O4S. The summed E-state index contributed by atoms with van der Waals surface area (Å²) in [6, 6.07) is 6.66. The van der Waals surface area contributed by atoms with Crippen molar-refractivity contribution in [3.63, 3.8) is 0 Å². The maximum Gasteiger partial charge on any atom is 0.297 e. The molecule has 5 heteroatoms. The molecule has 1 unspecified atom stereocenters. The molecule has 0 spiro atoms. The zero-order chi connectivity index (χ0) is 13.9. The predicted molar refractivity (Wildman–Crippen MR) is 72.5 cm³/mol. The minimum absolute atomic E-state index is 0.108. The van der Waals surface area contributed by atoms with Crippen molar-refractivity contribution in [3.05, 3.63) is 29.8 Å². The van der Waals surface area contributed by atoms with Crippen LogP contribution >= 0.6 is 0 Å². The molecule has 1 aliphatic rings. The van der Waals surface area contributed by atoms with E-state index in [9.17, 15) is 8.42 Å². The lowest BCUT2D eigenvalue weighted by Crippen LogP contribution is -2.48. The largest absolute Gasteiger partial charge is 0.372 e. The van der Waals surface area contributed by atoms with E-state index < -0.39 is 15.7 Å². The van der Waals surface area contributed by atoms with E-state index in [1.54, 1.807) is 24.3 Å². The van der Waals surface area contributed by atoms with Gasteiger partial charge >= 0.3 is 0 Å². The molecule has 1 aromatic rings.